The Bertz CT molecular complexity index is 1070. The Hall–Kier alpha value is -3.53. The molecule has 0 saturated heterocycles. The average Bonchev–Trinajstić information content (AvgIpc) is 3.18. The van der Waals surface area contributed by atoms with Crippen molar-refractivity contribution in [1.29, 1.82) is 0 Å². The predicted octanol–water partition coefficient (Wildman–Crippen LogP) is 5.56. The number of benzene rings is 3. The van der Waals surface area contributed by atoms with Gasteiger partial charge in [-0.2, -0.15) is 0 Å². The number of phenolic OH excluding ortho intramolecular Hbond substituents is 1. The van der Waals surface area contributed by atoms with Crippen molar-refractivity contribution in [2.24, 2.45) is 0 Å². The third-order valence-electron chi connectivity index (χ3n) is 5.32. The minimum atomic E-state index is -0.789. The summed E-state index contributed by atoms with van der Waals surface area (Å²) in [5, 5.41) is 9.89. The smallest absolute Gasteiger partial charge is 0.123 e. The Balaban J connectivity index is 2.16. The number of hydrogen-bond donors (Lipinski definition) is 2. The van der Waals surface area contributed by atoms with Gasteiger partial charge >= 0.3 is 0 Å². The molecule has 0 saturated carbocycles. The average molecular weight is 387 g/mol. The summed E-state index contributed by atoms with van der Waals surface area (Å²) in [5.74, 6) is 0.609. The van der Waals surface area contributed by atoms with Gasteiger partial charge in [0.2, 0.25) is 0 Å². The van der Waals surface area contributed by atoms with E-state index in [1.807, 2.05) is 55.5 Å². The second kappa shape index (κ2) is 7.47. The molecule has 0 fully saturated rings. The van der Waals surface area contributed by atoms with Crippen molar-refractivity contribution in [2.75, 3.05) is 7.11 Å². The highest BCUT2D eigenvalue weighted by atomic mass is 19.1. The number of hydrogen-bond acceptors (Lipinski definition) is 2. The molecule has 4 heteroatoms. The molecule has 146 valence electrons. The van der Waals surface area contributed by atoms with Crippen LogP contribution in [0.3, 0.4) is 0 Å². The lowest BCUT2D eigenvalue weighted by atomic mass is 9.67. The van der Waals surface area contributed by atoms with Crippen LogP contribution >= 0.6 is 0 Å². The number of halogens is 1. The van der Waals surface area contributed by atoms with E-state index in [0.717, 1.165) is 33.8 Å². The number of H-pyrrole nitrogens is 1. The van der Waals surface area contributed by atoms with E-state index in [1.165, 1.54) is 12.1 Å². The minimum Gasteiger partial charge on any atom is -0.508 e. The van der Waals surface area contributed by atoms with E-state index >= 15 is 0 Å². The summed E-state index contributed by atoms with van der Waals surface area (Å²) >= 11 is 0. The van der Waals surface area contributed by atoms with Crippen LogP contribution in [0, 0.1) is 12.7 Å². The van der Waals surface area contributed by atoms with E-state index in [-0.39, 0.29) is 11.6 Å². The SMILES string of the molecule is COc1ccccc1[C@](c1ccc(O)cc1)(c1ccc(F)cc1)c1ccc(C)[nH]1. The summed E-state index contributed by atoms with van der Waals surface area (Å²) in [4.78, 5) is 3.48. The maximum Gasteiger partial charge on any atom is 0.123 e. The summed E-state index contributed by atoms with van der Waals surface area (Å²) in [5.41, 5.74) is 3.88. The van der Waals surface area contributed by atoms with E-state index in [4.69, 9.17) is 4.74 Å². The number of aromatic nitrogens is 1. The molecule has 0 amide bonds. The summed E-state index contributed by atoms with van der Waals surface area (Å²) in [6, 6.07) is 25.5. The van der Waals surface area contributed by atoms with Gasteiger partial charge in [-0.25, -0.2) is 4.39 Å². The molecule has 0 aliphatic carbocycles. The first-order chi connectivity index (χ1) is 14.1. The Morgan fingerprint density at radius 3 is 2.03 bits per heavy atom. The van der Waals surface area contributed by atoms with Crippen LogP contribution in [0.4, 0.5) is 4.39 Å². The standard InChI is InChI=1S/C25H22FNO2/c1-17-7-16-24(27-17)25(18-8-12-20(26)13-9-18,19-10-14-21(28)15-11-19)22-5-3-4-6-23(22)29-2/h3-16,27-28H,1-2H3/t25-/m1/s1. The molecule has 0 spiro atoms. The van der Waals surface area contributed by atoms with Crippen molar-refractivity contribution in [3.63, 3.8) is 0 Å². The van der Waals surface area contributed by atoms with Gasteiger partial charge in [0.1, 0.15) is 17.3 Å². The minimum absolute atomic E-state index is 0.185. The zero-order chi connectivity index (χ0) is 20.4. The van der Waals surface area contributed by atoms with E-state index in [2.05, 4.69) is 4.98 Å². The van der Waals surface area contributed by atoms with Crippen molar-refractivity contribution >= 4 is 0 Å². The summed E-state index contributed by atoms with van der Waals surface area (Å²) < 4.78 is 19.6. The number of aromatic amines is 1. The second-order valence-electron chi connectivity index (χ2n) is 7.06. The zero-order valence-electron chi connectivity index (χ0n) is 16.3. The number of aromatic hydroxyl groups is 1. The number of rotatable bonds is 5. The highest BCUT2D eigenvalue weighted by Gasteiger charge is 2.41. The molecule has 0 aliphatic rings. The highest BCUT2D eigenvalue weighted by molar-refractivity contribution is 5.62. The molecule has 3 nitrogen and oxygen atoms in total. The van der Waals surface area contributed by atoms with Gasteiger partial charge in [0.05, 0.1) is 12.5 Å². The molecule has 29 heavy (non-hydrogen) atoms. The summed E-state index contributed by atoms with van der Waals surface area (Å²) in [6.45, 7) is 2.00. The quantitative estimate of drug-likeness (QED) is 0.441. The third-order valence-corrected chi connectivity index (χ3v) is 5.32. The highest BCUT2D eigenvalue weighted by Crippen LogP contribution is 2.48. The molecule has 0 aliphatic heterocycles. The van der Waals surface area contributed by atoms with Crippen molar-refractivity contribution in [3.8, 4) is 11.5 Å². The Morgan fingerprint density at radius 2 is 1.45 bits per heavy atom. The Kier molecular flexibility index (Phi) is 4.85. The first-order valence-corrected chi connectivity index (χ1v) is 9.41. The summed E-state index contributed by atoms with van der Waals surface area (Å²) in [7, 11) is 1.64. The molecule has 3 aromatic carbocycles. The van der Waals surface area contributed by atoms with Crippen LogP contribution in [-0.4, -0.2) is 17.2 Å². The van der Waals surface area contributed by atoms with Gasteiger partial charge in [0.25, 0.3) is 0 Å². The normalized spacial score (nSPS) is 13.1. The van der Waals surface area contributed by atoms with Crippen LogP contribution in [0.5, 0.6) is 11.5 Å². The Labute approximate surface area is 169 Å². The van der Waals surface area contributed by atoms with Crippen molar-refractivity contribution in [1.82, 2.24) is 4.98 Å². The molecule has 1 atom stereocenters. The fraction of sp³-hybridized carbons (Fsp3) is 0.120. The molecular formula is C25H22FNO2. The first kappa shape index (κ1) is 18.8. The zero-order valence-corrected chi connectivity index (χ0v) is 16.3. The van der Waals surface area contributed by atoms with E-state index < -0.39 is 5.41 Å². The molecule has 1 heterocycles. The lowest BCUT2D eigenvalue weighted by Gasteiger charge is -2.36. The summed E-state index contributed by atoms with van der Waals surface area (Å²) in [6.07, 6.45) is 0. The molecule has 0 unspecified atom stereocenters. The fourth-order valence-electron chi connectivity index (χ4n) is 4.02. The third kappa shape index (κ3) is 3.17. The van der Waals surface area contributed by atoms with Crippen molar-refractivity contribution in [3.05, 3.63) is 119 Å². The van der Waals surface area contributed by atoms with Crippen LogP contribution in [0.15, 0.2) is 84.9 Å². The van der Waals surface area contributed by atoms with Crippen molar-refractivity contribution < 1.29 is 14.2 Å². The number of phenols is 1. The molecular weight excluding hydrogens is 365 g/mol. The Morgan fingerprint density at radius 1 is 0.828 bits per heavy atom. The molecule has 0 radical (unpaired) electrons. The van der Waals surface area contributed by atoms with Gasteiger partial charge < -0.3 is 14.8 Å². The monoisotopic (exact) mass is 387 g/mol. The molecule has 1 aromatic heterocycles. The lowest BCUT2D eigenvalue weighted by Crippen LogP contribution is -2.32. The van der Waals surface area contributed by atoms with Crippen molar-refractivity contribution in [2.45, 2.75) is 12.3 Å². The maximum absolute atomic E-state index is 13.8. The number of nitrogens with one attached hydrogen (secondary N) is 1. The number of methoxy groups -OCH3 is 1. The topological polar surface area (TPSA) is 45.2 Å². The van der Waals surface area contributed by atoms with Crippen LogP contribution in [0.1, 0.15) is 28.1 Å². The number of para-hydroxylation sites is 1. The van der Waals surface area contributed by atoms with Crippen LogP contribution in [0.2, 0.25) is 0 Å². The molecule has 0 bridgehead atoms. The predicted molar refractivity (Wildman–Crippen MR) is 112 cm³/mol. The van der Waals surface area contributed by atoms with Gasteiger partial charge in [0.15, 0.2) is 0 Å². The van der Waals surface area contributed by atoms with E-state index in [0.29, 0.717) is 0 Å². The van der Waals surface area contributed by atoms with Gasteiger partial charge in [0, 0.05) is 17.0 Å². The van der Waals surface area contributed by atoms with Crippen LogP contribution in [-0.2, 0) is 5.41 Å². The van der Waals surface area contributed by atoms with Crippen LogP contribution < -0.4 is 4.74 Å². The van der Waals surface area contributed by atoms with Gasteiger partial charge in [-0.05, 0) is 60.5 Å². The van der Waals surface area contributed by atoms with Gasteiger partial charge in [-0.1, -0.05) is 42.5 Å². The molecule has 2 N–H and O–H groups in total. The van der Waals surface area contributed by atoms with Gasteiger partial charge in [-0.15, -0.1) is 0 Å². The van der Waals surface area contributed by atoms with E-state index in [9.17, 15) is 9.50 Å². The fourth-order valence-corrected chi connectivity index (χ4v) is 4.02. The maximum atomic E-state index is 13.8. The van der Waals surface area contributed by atoms with E-state index in [1.54, 1.807) is 31.4 Å². The first-order valence-electron chi connectivity index (χ1n) is 9.41. The molecule has 4 aromatic rings. The van der Waals surface area contributed by atoms with Gasteiger partial charge in [-0.3, -0.25) is 0 Å². The largest absolute Gasteiger partial charge is 0.508 e. The molecule has 4 rings (SSSR count). The number of aryl methyl sites for hydroxylation is 1. The number of ether oxygens (including phenoxy) is 1. The lowest BCUT2D eigenvalue weighted by molar-refractivity contribution is 0.404. The second-order valence-corrected chi connectivity index (χ2v) is 7.06. The van der Waals surface area contributed by atoms with Crippen LogP contribution in [0.25, 0.3) is 0 Å².